The zero-order valence-corrected chi connectivity index (χ0v) is 10.4. The predicted molar refractivity (Wildman–Crippen MR) is 63.6 cm³/mol. The minimum Gasteiger partial charge on any atom is -0.342 e. The topological polar surface area (TPSA) is 44.1 Å². The monoisotopic (exact) mass is 222 g/mol. The van der Waals surface area contributed by atoms with Crippen molar-refractivity contribution in [3.05, 3.63) is 0 Å². The number of carbonyl (C=O) groups is 1. The molecule has 0 saturated carbocycles. The molecule has 0 aromatic carbocycles. The van der Waals surface area contributed by atoms with E-state index in [9.17, 15) is 4.79 Å². The summed E-state index contributed by atoms with van der Waals surface area (Å²) in [7, 11) is 0. The fourth-order valence-corrected chi connectivity index (χ4v) is 2.34. The molecular weight excluding hydrogens is 200 g/mol. The molecule has 0 spiro atoms. The Balaban J connectivity index is 2.54. The number of rotatable bonds is 3. The van der Waals surface area contributed by atoms with E-state index in [1.165, 1.54) is 12.8 Å². The van der Waals surface area contributed by atoms with Crippen molar-refractivity contribution < 1.29 is 4.79 Å². The highest BCUT2D eigenvalue weighted by molar-refractivity contribution is 5.81. The van der Waals surface area contributed by atoms with Crippen molar-refractivity contribution in [2.24, 2.45) is 11.8 Å². The van der Waals surface area contributed by atoms with Gasteiger partial charge in [-0.2, -0.15) is 5.26 Å². The second-order valence-electron chi connectivity index (χ2n) is 4.62. The SMILES string of the molecule is CCC1CCCN(C(=O)C(C#N)CC)CC1. The van der Waals surface area contributed by atoms with E-state index in [4.69, 9.17) is 5.26 Å². The third-order valence-corrected chi connectivity index (χ3v) is 3.60. The molecule has 1 saturated heterocycles. The van der Waals surface area contributed by atoms with Gasteiger partial charge in [0.15, 0.2) is 0 Å². The highest BCUT2D eigenvalue weighted by atomic mass is 16.2. The van der Waals surface area contributed by atoms with Gasteiger partial charge in [0.2, 0.25) is 5.91 Å². The van der Waals surface area contributed by atoms with E-state index in [0.717, 1.165) is 31.8 Å². The lowest BCUT2D eigenvalue weighted by molar-refractivity contribution is -0.133. The van der Waals surface area contributed by atoms with Crippen molar-refractivity contribution >= 4 is 5.91 Å². The Morgan fingerprint density at radius 3 is 2.75 bits per heavy atom. The van der Waals surface area contributed by atoms with E-state index in [0.29, 0.717) is 6.42 Å². The molecule has 3 heteroatoms. The lowest BCUT2D eigenvalue weighted by atomic mass is 9.98. The zero-order valence-electron chi connectivity index (χ0n) is 10.4. The van der Waals surface area contributed by atoms with Crippen LogP contribution in [0.4, 0.5) is 0 Å². The van der Waals surface area contributed by atoms with Gasteiger partial charge in [-0.25, -0.2) is 0 Å². The summed E-state index contributed by atoms with van der Waals surface area (Å²) in [5.41, 5.74) is 0. The summed E-state index contributed by atoms with van der Waals surface area (Å²) in [6, 6.07) is 2.10. The molecule has 0 radical (unpaired) electrons. The molecule has 0 N–H and O–H groups in total. The van der Waals surface area contributed by atoms with E-state index in [1.54, 1.807) is 0 Å². The van der Waals surface area contributed by atoms with E-state index < -0.39 is 5.92 Å². The summed E-state index contributed by atoms with van der Waals surface area (Å²) in [6.45, 7) is 5.80. The summed E-state index contributed by atoms with van der Waals surface area (Å²) >= 11 is 0. The first-order chi connectivity index (χ1) is 7.72. The van der Waals surface area contributed by atoms with E-state index in [-0.39, 0.29) is 5.91 Å². The summed E-state index contributed by atoms with van der Waals surface area (Å²) < 4.78 is 0. The standard InChI is InChI=1S/C13H22N2O/c1-3-11-6-5-8-15(9-7-11)13(16)12(4-2)10-14/h11-12H,3-9H2,1-2H3. The van der Waals surface area contributed by atoms with Crippen LogP contribution in [0, 0.1) is 23.2 Å². The van der Waals surface area contributed by atoms with Crippen LogP contribution in [-0.2, 0) is 4.79 Å². The van der Waals surface area contributed by atoms with Gasteiger partial charge in [0, 0.05) is 13.1 Å². The van der Waals surface area contributed by atoms with Crippen LogP contribution < -0.4 is 0 Å². The third-order valence-electron chi connectivity index (χ3n) is 3.60. The molecule has 1 heterocycles. The maximum atomic E-state index is 12.0. The number of carbonyl (C=O) groups excluding carboxylic acids is 1. The van der Waals surface area contributed by atoms with Gasteiger partial charge in [0.25, 0.3) is 0 Å². The van der Waals surface area contributed by atoms with Gasteiger partial charge < -0.3 is 4.90 Å². The fourth-order valence-electron chi connectivity index (χ4n) is 2.34. The highest BCUT2D eigenvalue weighted by Crippen LogP contribution is 2.21. The molecule has 90 valence electrons. The van der Waals surface area contributed by atoms with Crippen LogP contribution in [0.25, 0.3) is 0 Å². The molecule has 1 amide bonds. The molecular formula is C13H22N2O. The van der Waals surface area contributed by atoms with Gasteiger partial charge in [-0.1, -0.05) is 20.3 Å². The largest absolute Gasteiger partial charge is 0.342 e. The van der Waals surface area contributed by atoms with Crippen molar-refractivity contribution in [1.82, 2.24) is 4.90 Å². The van der Waals surface area contributed by atoms with E-state index in [2.05, 4.69) is 13.0 Å². The van der Waals surface area contributed by atoms with Crippen LogP contribution in [0.3, 0.4) is 0 Å². The first-order valence-electron chi connectivity index (χ1n) is 6.41. The van der Waals surface area contributed by atoms with Crippen molar-refractivity contribution in [1.29, 1.82) is 5.26 Å². The molecule has 0 aromatic heterocycles. The number of nitrogens with zero attached hydrogens (tertiary/aromatic N) is 2. The maximum Gasteiger partial charge on any atom is 0.239 e. The summed E-state index contributed by atoms with van der Waals surface area (Å²) in [5, 5.41) is 8.90. The fraction of sp³-hybridized carbons (Fsp3) is 0.846. The Labute approximate surface area is 98.4 Å². The number of hydrogen-bond acceptors (Lipinski definition) is 2. The Bertz CT molecular complexity index is 270. The zero-order chi connectivity index (χ0) is 12.0. The molecule has 1 aliphatic rings. The summed E-state index contributed by atoms with van der Waals surface area (Å²) in [4.78, 5) is 13.9. The molecule has 16 heavy (non-hydrogen) atoms. The lowest BCUT2D eigenvalue weighted by Crippen LogP contribution is -2.36. The summed E-state index contributed by atoms with van der Waals surface area (Å²) in [5.74, 6) is 0.375. The average Bonchev–Trinajstić information content (AvgIpc) is 2.55. The Morgan fingerprint density at radius 1 is 1.44 bits per heavy atom. The molecule has 0 bridgehead atoms. The van der Waals surface area contributed by atoms with E-state index in [1.807, 2.05) is 11.8 Å². The second kappa shape index (κ2) is 6.52. The molecule has 1 aliphatic heterocycles. The highest BCUT2D eigenvalue weighted by Gasteiger charge is 2.24. The number of nitriles is 1. The van der Waals surface area contributed by atoms with Crippen molar-refractivity contribution in [2.75, 3.05) is 13.1 Å². The Kier molecular flexibility index (Phi) is 5.31. The molecule has 2 unspecified atom stereocenters. The van der Waals surface area contributed by atoms with Gasteiger partial charge in [0.05, 0.1) is 6.07 Å². The second-order valence-corrected chi connectivity index (χ2v) is 4.62. The van der Waals surface area contributed by atoms with Crippen molar-refractivity contribution in [2.45, 2.75) is 46.0 Å². The first-order valence-corrected chi connectivity index (χ1v) is 6.41. The first kappa shape index (κ1) is 13.0. The number of amides is 1. The van der Waals surface area contributed by atoms with Crippen LogP contribution >= 0.6 is 0 Å². The van der Waals surface area contributed by atoms with Gasteiger partial charge in [-0.05, 0) is 31.6 Å². The van der Waals surface area contributed by atoms with Crippen molar-refractivity contribution in [3.8, 4) is 6.07 Å². The predicted octanol–water partition coefficient (Wildman–Crippen LogP) is 2.57. The van der Waals surface area contributed by atoms with Gasteiger partial charge in [0.1, 0.15) is 5.92 Å². The van der Waals surface area contributed by atoms with Gasteiger partial charge in [-0.15, -0.1) is 0 Å². The van der Waals surface area contributed by atoms with Gasteiger partial charge in [-0.3, -0.25) is 4.79 Å². The number of hydrogen-bond donors (Lipinski definition) is 0. The van der Waals surface area contributed by atoms with E-state index >= 15 is 0 Å². The summed E-state index contributed by atoms with van der Waals surface area (Å²) in [6.07, 6.45) is 5.25. The van der Waals surface area contributed by atoms with Crippen LogP contribution in [0.1, 0.15) is 46.0 Å². The minimum atomic E-state index is -0.432. The molecule has 1 rings (SSSR count). The maximum absolute atomic E-state index is 12.0. The smallest absolute Gasteiger partial charge is 0.239 e. The third kappa shape index (κ3) is 3.23. The molecule has 0 aromatic rings. The molecule has 3 nitrogen and oxygen atoms in total. The normalized spacial score (nSPS) is 23.3. The van der Waals surface area contributed by atoms with Crippen molar-refractivity contribution in [3.63, 3.8) is 0 Å². The Morgan fingerprint density at radius 2 is 2.19 bits per heavy atom. The molecule has 1 fully saturated rings. The van der Waals surface area contributed by atoms with Crippen LogP contribution in [0.15, 0.2) is 0 Å². The molecule has 2 atom stereocenters. The minimum absolute atomic E-state index is 0.0433. The van der Waals surface area contributed by atoms with Gasteiger partial charge >= 0.3 is 0 Å². The van der Waals surface area contributed by atoms with Crippen LogP contribution in [0.2, 0.25) is 0 Å². The van der Waals surface area contributed by atoms with Crippen LogP contribution in [-0.4, -0.2) is 23.9 Å². The number of likely N-dealkylation sites (tertiary alicyclic amines) is 1. The Hall–Kier alpha value is -1.04. The van der Waals surface area contributed by atoms with Crippen LogP contribution in [0.5, 0.6) is 0 Å². The molecule has 0 aliphatic carbocycles. The average molecular weight is 222 g/mol. The quantitative estimate of drug-likeness (QED) is 0.736. The lowest BCUT2D eigenvalue weighted by Gasteiger charge is -2.22.